The lowest BCUT2D eigenvalue weighted by molar-refractivity contribution is 0.412. The number of hydrogen-bond donors (Lipinski definition) is 0. The van der Waals surface area contributed by atoms with Crippen LogP contribution in [0.15, 0.2) is 24.3 Å². The molecule has 0 unspecified atom stereocenters. The van der Waals surface area contributed by atoms with Gasteiger partial charge in [0.15, 0.2) is 0 Å². The number of nitrogens with zero attached hydrogens (tertiary/aromatic N) is 1. The van der Waals surface area contributed by atoms with Gasteiger partial charge in [0, 0.05) is 18.8 Å². The van der Waals surface area contributed by atoms with Gasteiger partial charge in [-0.1, -0.05) is 24.1 Å². The molecule has 1 fully saturated rings. The topological polar surface area (TPSA) is 12.5 Å². The Morgan fingerprint density at radius 1 is 1.50 bits per heavy atom. The van der Waals surface area contributed by atoms with Gasteiger partial charge in [-0.05, 0) is 24.1 Å². The Balaban J connectivity index is 2.00. The molecule has 76 valence electrons. The van der Waals surface area contributed by atoms with Crippen molar-refractivity contribution < 1.29 is 4.74 Å². The van der Waals surface area contributed by atoms with Crippen LogP contribution in [0.3, 0.4) is 0 Å². The van der Waals surface area contributed by atoms with E-state index in [4.69, 9.17) is 4.74 Å². The van der Waals surface area contributed by atoms with Crippen LogP contribution in [-0.4, -0.2) is 23.7 Å². The molecule has 1 saturated heterocycles. The number of ether oxygens (including phenoxy) is 1. The molecule has 2 rings (SSSR count). The zero-order valence-corrected chi connectivity index (χ0v) is 9.22. The van der Waals surface area contributed by atoms with E-state index < -0.39 is 0 Å². The largest absolute Gasteiger partial charge is 0.497 e. The van der Waals surface area contributed by atoms with Gasteiger partial charge in [0.2, 0.25) is 0 Å². The van der Waals surface area contributed by atoms with E-state index in [1.807, 2.05) is 18.0 Å². The summed E-state index contributed by atoms with van der Waals surface area (Å²) in [4.78, 5) is 0. The fraction of sp³-hybridized carbons (Fsp3) is 0.455. The van der Waals surface area contributed by atoms with E-state index in [0.717, 1.165) is 12.3 Å². The van der Waals surface area contributed by atoms with Gasteiger partial charge >= 0.3 is 0 Å². The summed E-state index contributed by atoms with van der Waals surface area (Å²) in [6, 6.07) is 8.30. The van der Waals surface area contributed by atoms with Crippen LogP contribution in [0.1, 0.15) is 12.0 Å². The second-order valence-corrected chi connectivity index (χ2v) is 4.58. The van der Waals surface area contributed by atoms with E-state index in [-0.39, 0.29) is 0 Å². The van der Waals surface area contributed by atoms with E-state index in [9.17, 15) is 0 Å². The molecule has 0 radical (unpaired) electrons. The molecule has 0 spiro atoms. The van der Waals surface area contributed by atoms with E-state index in [1.165, 1.54) is 24.3 Å². The van der Waals surface area contributed by atoms with Crippen molar-refractivity contribution in [1.29, 1.82) is 0 Å². The third kappa shape index (κ3) is 2.42. The Labute approximate surface area is 89.4 Å². The van der Waals surface area contributed by atoms with Crippen LogP contribution in [0.25, 0.3) is 0 Å². The number of hydrogen-bond acceptors (Lipinski definition) is 3. The summed E-state index contributed by atoms with van der Waals surface area (Å²) in [5.74, 6) is 2.22. The van der Waals surface area contributed by atoms with Crippen LogP contribution >= 0.6 is 11.9 Å². The van der Waals surface area contributed by atoms with Crippen LogP contribution in [0, 0.1) is 0 Å². The SMILES string of the molecule is COc1cccc(CN2CCCS2)c1. The fourth-order valence-electron chi connectivity index (χ4n) is 1.60. The third-order valence-electron chi connectivity index (χ3n) is 2.32. The van der Waals surface area contributed by atoms with Crippen molar-refractivity contribution >= 4 is 11.9 Å². The highest BCUT2D eigenvalue weighted by Gasteiger charge is 2.12. The zero-order valence-electron chi connectivity index (χ0n) is 8.40. The van der Waals surface area contributed by atoms with E-state index in [0.29, 0.717) is 0 Å². The van der Waals surface area contributed by atoms with E-state index >= 15 is 0 Å². The molecule has 1 aromatic carbocycles. The quantitative estimate of drug-likeness (QED) is 0.710. The van der Waals surface area contributed by atoms with E-state index in [1.54, 1.807) is 7.11 Å². The van der Waals surface area contributed by atoms with Gasteiger partial charge in [0.1, 0.15) is 5.75 Å². The molecule has 0 aliphatic carbocycles. The lowest BCUT2D eigenvalue weighted by Gasteiger charge is -2.13. The minimum absolute atomic E-state index is 0.951. The van der Waals surface area contributed by atoms with Crippen LogP contribution < -0.4 is 4.74 Å². The molecule has 1 heterocycles. The number of rotatable bonds is 3. The third-order valence-corrected chi connectivity index (χ3v) is 3.47. The maximum Gasteiger partial charge on any atom is 0.119 e. The number of benzene rings is 1. The molecule has 0 amide bonds. The number of methoxy groups -OCH3 is 1. The smallest absolute Gasteiger partial charge is 0.119 e. The first-order chi connectivity index (χ1) is 6.88. The molecule has 2 nitrogen and oxygen atoms in total. The minimum Gasteiger partial charge on any atom is -0.497 e. The Morgan fingerprint density at radius 3 is 3.14 bits per heavy atom. The lowest BCUT2D eigenvalue weighted by atomic mass is 10.2. The van der Waals surface area contributed by atoms with Gasteiger partial charge in [0.05, 0.1) is 7.11 Å². The fourth-order valence-corrected chi connectivity index (χ4v) is 2.61. The first-order valence-corrected chi connectivity index (χ1v) is 5.83. The van der Waals surface area contributed by atoms with Crippen molar-refractivity contribution in [3.8, 4) is 5.75 Å². The molecule has 1 aliphatic heterocycles. The Morgan fingerprint density at radius 2 is 2.43 bits per heavy atom. The average Bonchev–Trinajstić information content (AvgIpc) is 2.71. The molecule has 3 heteroatoms. The van der Waals surface area contributed by atoms with Crippen molar-refractivity contribution in [2.75, 3.05) is 19.4 Å². The summed E-state index contributed by atoms with van der Waals surface area (Å²) in [6.45, 7) is 2.24. The Hall–Kier alpha value is -0.670. The summed E-state index contributed by atoms with van der Waals surface area (Å²) < 4.78 is 7.61. The second-order valence-electron chi connectivity index (χ2n) is 3.40. The lowest BCUT2D eigenvalue weighted by Crippen LogP contribution is -2.10. The van der Waals surface area contributed by atoms with Crippen molar-refractivity contribution in [3.05, 3.63) is 29.8 Å². The molecule has 1 aliphatic rings. The van der Waals surface area contributed by atoms with Gasteiger partial charge < -0.3 is 4.74 Å². The van der Waals surface area contributed by atoms with Crippen LogP contribution in [0.4, 0.5) is 0 Å². The van der Waals surface area contributed by atoms with Crippen molar-refractivity contribution in [1.82, 2.24) is 4.31 Å². The summed E-state index contributed by atoms with van der Waals surface area (Å²) in [5.41, 5.74) is 1.33. The highest BCUT2D eigenvalue weighted by Crippen LogP contribution is 2.23. The monoisotopic (exact) mass is 209 g/mol. The summed E-state index contributed by atoms with van der Waals surface area (Å²) in [6.07, 6.45) is 1.31. The highest BCUT2D eigenvalue weighted by atomic mass is 32.2. The maximum atomic E-state index is 5.19. The van der Waals surface area contributed by atoms with Gasteiger partial charge in [0.25, 0.3) is 0 Å². The van der Waals surface area contributed by atoms with E-state index in [2.05, 4.69) is 22.5 Å². The molecule has 0 aromatic heterocycles. The molecule has 0 bridgehead atoms. The first-order valence-electron chi connectivity index (χ1n) is 4.89. The van der Waals surface area contributed by atoms with Gasteiger partial charge in [-0.15, -0.1) is 0 Å². The van der Waals surface area contributed by atoms with Gasteiger partial charge in [-0.25, -0.2) is 4.31 Å². The Bertz CT molecular complexity index is 297. The molecule has 1 aromatic rings. The molecule has 0 N–H and O–H groups in total. The maximum absolute atomic E-state index is 5.19. The molecule has 14 heavy (non-hydrogen) atoms. The summed E-state index contributed by atoms with van der Waals surface area (Å²) in [5, 5.41) is 0. The average molecular weight is 209 g/mol. The summed E-state index contributed by atoms with van der Waals surface area (Å²) >= 11 is 1.94. The molecular weight excluding hydrogens is 194 g/mol. The standard InChI is InChI=1S/C11H15NOS/c1-13-11-5-2-4-10(8-11)9-12-6-3-7-14-12/h2,4-5,8H,3,6-7,9H2,1H3. The predicted molar refractivity (Wildman–Crippen MR) is 60.5 cm³/mol. The highest BCUT2D eigenvalue weighted by molar-refractivity contribution is 7.97. The van der Waals surface area contributed by atoms with Crippen molar-refractivity contribution in [2.24, 2.45) is 0 Å². The van der Waals surface area contributed by atoms with Crippen LogP contribution in [-0.2, 0) is 6.54 Å². The van der Waals surface area contributed by atoms with Crippen molar-refractivity contribution in [3.63, 3.8) is 0 Å². The second kappa shape index (κ2) is 4.71. The minimum atomic E-state index is 0.951. The molecule has 0 atom stereocenters. The molecule has 0 saturated carbocycles. The van der Waals surface area contributed by atoms with Crippen LogP contribution in [0.5, 0.6) is 5.75 Å². The van der Waals surface area contributed by atoms with Crippen molar-refractivity contribution in [2.45, 2.75) is 13.0 Å². The zero-order chi connectivity index (χ0) is 9.80. The molecular formula is C11H15NOS. The van der Waals surface area contributed by atoms with Crippen LogP contribution in [0.2, 0.25) is 0 Å². The van der Waals surface area contributed by atoms with Gasteiger partial charge in [-0.3, -0.25) is 0 Å². The normalized spacial score (nSPS) is 17.2. The Kier molecular flexibility index (Phi) is 3.32. The predicted octanol–water partition coefficient (Wildman–Crippen LogP) is 2.55. The summed E-state index contributed by atoms with van der Waals surface area (Å²) in [7, 11) is 1.71. The van der Waals surface area contributed by atoms with Gasteiger partial charge in [-0.2, -0.15) is 0 Å². The first kappa shape index (κ1) is 9.87.